The predicted molar refractivity (Wildman–Crippen MR) is 121 cm³/mol. The third-order valence-corrected chi connectivity index (χ3v) is 5.34. The molecule has 0 saturated heterocycles. The van der Waals surface area contributed by atoms with Crippen LogP contribution in [0.2, 0.25) is 0 Å². The van der Waals surface area contributed by atoms with Crippen molar-refractivity contribution in [3.05, 3.63) is 70.1 Å². The molecule has 3 N–H and O–H groups in total. The Bertz CT molecular complexity index is 1130. The maximum Gasteiger partial charge on any atom is 0.276 e. The van der Waals surface area contributed by atoms with Gasteiger partial charge in [-0.3, -0.25) is 14.4 Å². The summed E-state index contributed by atoms with van der Waals surface area (Å²) in [5, 5.41) is 10.8. The number of hydrogen-bond acceptors (Lipinski definition) is 4. The summed E-state index contributed by atoms with van der Waals surface area (Å²) < 4.78 is 1.16. The molecule has 3 rings (SSSR count). The van der Waals surface area contributed by atoms with Crippen LogP contribution in [0.5, 0.6) is 0 Å². The lowest BCUT2D eigenvalue weighted by Gasteiger charge is -2.15. The lowest BCUT2D eigenvalue weighted by molar-refractivity contribution is -0.895. The van der Waals surface area contributed by atoms with Gasteiger partial charge >= 0.3 is 0 Å². The Morgan fingerprint density at radius 1 is 0.968 bits per heavy atom. The number of nitrogens with zero attached hydrogens (tertiary/aromatic N) is 2. The molecular weight excluding hydrogens is 394 g/mol. The SMILES string of the molecule is CC[NH+](CC)CCNC(=O)c1ccc(NC(=O)c2nn(C)c(=O)c3ccccc23)cc1. The summed E-state index contributed by atoms with van der Waals surface area (Å²) in [7, 11) is 1.51. The van der Waals surface area contributed by atoms with E-state index in [4.69, 9.17) is 0 Å². The van der Waals surface area contributed by atoms with Crippen LogP contribution in [0.1, 0.15) is 34.7 Å². The maximum absolute atomic E-state index is 12.8. The van der Waals surface area contributed by atoms with Crippen molar-refractivity contribution in [2.24, 2.45) is 7.05 Å². The zero-order chi connectivity index (χ0) is 22.4. The van der Waals surface area contributed by atoms with E-state index in [1.54, 1.807) is 48.5 Å². The first-order valence-electron chi connectivity index (χ1n) is 10.4. The molecule has 31 heavy (non-hydrogen) atoms. The highest BCUT2D eigenvalue weighted by atomic mass is 16.2. The van der Waals surface area contributed by atoms with Crippen molar-refractivity contribution in [3.63, 3.8) is 0 Å². The summed E-state index contributed by atoms with van der Waals surface area (Å²) in [5.41, 5.74) is 0.968. The number of aryl methyl sites for hydroxylation is 1. The topological polar surface area (TPSA) is 97.5 Å². The van der Waals surface area contributed by atoms with Crippen molar-refractivity contribution < 1.29 is 14.5 Å². The van der Waals surface area contributed by atoms with Crippen LogP contribution >= 0.6 is 0 Å². The minimum Gasteiger partial charge on any atom is -0.346 e. The van der Waals surface area contributed by atoms with Gasteiger partial charge in [0, 0.05) is 23.7 Å². The largest absolute Gasteiger partial charge is 0.346 e. The average molecular weight is 423 g/mol. The maximum atomic E-state index is 12.8. The van der Waals surface area contributed by atoms with Gasteiger partial charge in [0.1, 0.15) is 0 Å². The van der Waals surface area contributed by atoms with Gasteiger partial charge in [-0.2, -0.15) is 5.10 Å². The number of amides is 2. The standard InChI is InChI=1S/C23H27N5O3/c1-4-28(5-2)15-14-24-21(29)16-10-12-17(13-11-16)25-22(30)20-18-8-6-7-9-19(18)23(31)27(3)26-20/h6-13H,4-5,14-15H2,1-3H3,(H,24,29)(H,25,30)/p+1. The molecule has 3 aromatic rings. The molecule has 2 amide bonds. The number of nitrogens with one attached hydrogen (secondary N) is 3. The fourth-order valence-corrected chi connectivity index (χ4v) is 3.42. The van der Waals surface area contributed by atoms with E-state index in [9.17, 15) is 14.4 Å². The number of quaternary nitrogens is 1. The van der Waals surface area contributed by atoms with Gasteiger partial charge in [0.15, 0.2) is 5.69 Å². The van der Waals surface area contributed by atoms with E-state index < -0.39 is 5.91 Å². The third kappa shape index (κ3) is 5.16. The van der Waals surface area contributed by atoms with Gasteiger partial charge in [0.25, 0.3) is 17.4 Å². The number of anilines is 1. The highest BCUT2D eigenvalue weighted by Gasteiger charge is 2.16. The van der Waals surface area contributed by atoms with Crippen molar-refractivity contribution in [1.82, 2.24) is 15.1 Å². The van der Waals surface area contributed by atoms with Gasteiger partial charge in [-0.15, -0.1) is 0 Å². The number of benzene rings is 2. The quantitative estimate of drug-likeness (QED) is 0.501. The second-order valence-electron chi connectivity index (χ2n) is 7.32. The van der Waals surface area contributed by atoms with Gasteiger partial charge in [0.2, 0.25) is 0 Å². The number of likely N-dealkylation sites (N-methyl/N-ethyl adjacent to an activating group) is 1. The molecule has 0 unspecified atom stereocenters. The first kappa shape index (κ1) is 22.2. The smallest absolute Gasteiger partial charge is 0.276 e. The van der Waals surface area contributed by atoms with Gasteiger partial charge in [0.05, 0.1) is 31.6 Å². The first-order chi connectivity index (χ1) is 14.9. The van der Waals surface area contributed by atoms with Crippen LogP contribution in [0, 0.1) is 0 Å². The molecule has 1 heterocycles. The van der Waals surface area contributed by atoms with E-state index in [1.807, 2.05) is 0 Å². The summed E-state index contributed by atoms with van der Waals surface area (Å²) in [6.45, 7) is 7.80. The molecule has 0 spiro atoms. The molecule has 8 heteroatoms. The Morgan fingerprint density at radius 3 is 2.26 bits per heavy atom. The van der Waals surface area contributed by atoms with Gasteiger partial charge < -0.3 is 15.5 Å². The molecule has 1 aromatic heterocycles. The monoisotopic (exact) mass is 422 g/mol. The number of aromatic nitrogens is 2. The van der Waals surface area contributed by atoms with E-state index in [0.717, 1.165) is 24.3 Å². The Kier molecular flexibility index (Phi) is 7.15. The van der Waals surface area contributed by atoms with E-state index in [2.05, 4.69) is 29.6 Å². The summed E-state index contributed by atoms with van der Waals surface area (Å²) in [4.78, 5) is 38.8. The van der Waals surface area contributed by atoms with E-state index in [0.29, 0.717) is 28.6 Å². The van der Waals surface area contributed by atoms with Crippen LogP contribution < -0.4 is 21.1 Å². The fraction of sp³-hybridized carbons (Fsp3) is 0.304. The van der Waals surface area contributed by atoms with Crippen LogP contribution in [0.25, 0.3) is 10.8 Å². The molecule has 0 fully saturated rings. The number of carbonyl (C=O) groups excluding carboxylic acids is 2. The minimum atomic E-state index is -0.425. The Hall–Kier alpha value is -3.52. The molecular formula is C23H28N5O3+. The number of carbonyl (C=O) groups is 2. The van der Waals surface area contributed by atoms with Gasteiger partial charge in [-0.1, -0.05) is 18.2 Å². The zero-order valence-corrected chi connectivity index (χ0v) is 18.1. The molecule has 162 valence electrons. The van der Waals surface area contributed by atoms with Gasteiger partial charge in [-0.05, 0) is 44.2 Å². The number of rotatable bonds is 8. The molecule has 0 bridgehead atoms. The molecule has 0 aliphatic heterocycles. The summed E-state index contributed by atoms with van der Waals surface area (Å²) in [5.74, 6) is -0.568. The van der Waals surface area contributed by atoms with Crippen LogP contribution in [0.3, 0.4) is 0 Å². The summed E-state index contributed by atoms with van der Waals surface area (Å²) in [6.07, 6.45) is 0. The van der Waals surface area contributed by atoms with Crippen molar-refractivity contribution in [2.75, 3.05) is 31.5 Å². The second kappa shape index (κ2) is 9.99. The first-order valence-corrected chi connectivity index (χ1v) is 10.4. The summed E-state index contributed by atoms with van der Waals surface area (Å²) >= 11 is 0. The molecule has 0 radical (unpaired) electrons. The fourth-order valence-electron chi connectivity index (χ4n) is 3.42. The van der Waals surface area contributed by atoms with E-state index in [1.165, 1.54) is 11.9 Å². The summed E-state index contributed by atoms with van der Waals surface area (Å²) in [6, 6.07) is 13.6. The van der Waals surface area contributed by atoms with Crippen molar-refractivity contribution >= 4 is 28.3 Å². The lowest BCUT2D eigenvalue weighted by atomic mass is 10.1. The Morgan fingerprint density at radius 2 is 1.61 bits per heavy atom. The highest BCUT2D eigenvalue weighted by molar-refractivity contribution is 6.11. The van der Waals surface area contributed by atoms with E-state index in [-0.39, 0.29) is 17.2 Å². The normalized spacial score (nSPS) is 11.0. The van der Waals surface area contributed by atoms with Crippen molar-refractivity contribution in [2.45, 2.75) is 13.8 Å². The van der Waals surface area contributed by atoms with Crippen LogP contribution in [0.15, 0.2) is 53.3 Å². The third-order valence-electron chi connectivity index (χ3n) is 5.34. The highest BCUT2D eigenvalue weighted by Crippen LogP contribution is 2.16. The molecule has 0 aliphatic rings. The number of hydrogen-bond donors (Lipinski definition) is 3. The predicted octanol–water partition coefficient (Wildman–Crippen LogP) is 0.840. The molecule has 0 atom stereocenters. The molecule has 0 aliphatic carbocycles. The van der Waals surface area contributed by atoms with Crippen LogP contribution in [-0.4, -0.2) is 47.8 Å². The van der Waals surface area contributed by atoms with Gasteiger partial charge in [-0.25, -0.2) is 4.68 Å². The average Bonchev–Trinajstić information content (AvgIpc) is 2.79. The Labute approximate surface area is 180 Å². The van der Waals surface area contributed by atoms with Crippen LogP contribution in [0.4, 0.5) is 5.69 Å². The lowest BCUT2D eigenvalue weighted by Crippen LogP contribution is -3.12. The Balaban J connectivity index is 1.68. The second-order valence-corrected chi connectivity index (χ2v) is 7.32. The number of fused-ring (bicyclic) bond motifs is 1. The zero-order valence-electron chi connectivity index (χ0n) is 18.1. The molecule has 2 aromatic carbocycles. The van der Waals surface area contributed by atoms with Crippen LogP contribution in [-0.2, 0) is 7.05 Å². The van der Waals surface area contributed by atoms with Crippen molar-refractivity contribution in [1.29, 1.82) is 0 Å². The molecule has 8 nitrogen and oxygen atoms in total. The van der Waals surface area contributed by atoms with Crippen molar-refractivity contribution in [3.8, 4) is 0 Å². The minimum absolute atomic E-state index is 0.143. The van der Waals surface area contributed by atoms with E-state index >= 15 is 0 Å². The molecule has 0 saturated carbocycles.